The summed E-state index contributed by atoms with van der Waals surface area (Å²) in [4.78, 5) is 25.6. The number of alkyl halides is 3. The van der Waals surface area contributed by atoms with E-state index < -0.39 is 36.7 Å². The fourth-order valence-corrected chi connectivity index (χ4v) is 3.23. The molecule has 0 aliphatic carbocycles. The van der Waals surface area contributed by atoms with Crippen LogP contribution in [0.3, 0.4) is 0 Å². The Morgan fingerprint density at radius 1 is 1.30 bits per heavy atom. The maximum atomic E-state index is 13.0. The number of hydrogen-bond acceptors (Lipinski definition) is 3. The molecule has 9 heteroatoms. The molecule has 0 radical (unpaired) electrons. The van der Waals surface area contributed by atoms with Gasteiger partial charge in [-0.15, -0.1) is 0 Å². The minimum Gasteiger partial charge on any atom is -0.396 e. The Morgan fingerprint density at radius 2 is 1.96 bits per heavy atom. The summed E-state index contributed by atoms with van der Waals surface area (Å²) >= 11 is 0. The van der Waals surface area contributed by atoms with Gasteiger partial charge in [0.05, 0.1) is 5.92 Å². The van der Waals surface area contributed by atoms with Gasteiger partial charge in [0.1, 0.15) is 0 Å². The second-order valence-corrected chi connectivity index (χ2v) is 6.79. The predicted molar refractivity (Wildman–Crippen MR) is 94.0 cm³/mol. The normalized spacial score (nSPS) is 21.4. The van der Waals surface area contributed by atoms with Crippen molar-refractivity contribution in [1.82, 2.24) is 10.2 Å². The molecule has 3 N–H and O–H groups in total. The van der Waals surface area contributed by atoms with Crippen LogP contribution in [0.5, 0.6) is 0 Å². The molecule has 6 nitrogen and oxygen atoms in total. The number of nitrogens with zero attached hydrogens (tertiary/aromatic N) is 1. The highest BCUT2D eigenvalue weighted by atomic mass is 19.4. The molecule has 1 aromatic rings. The van der Waals surface area contributed by atoms with Crippen LogP contribution in [0.25, 0.3) is 0 Å². The second-order valence-electron chi connectivity index (χ2n) is 6.79. The van der Waals surface area contributed by atoms with Gasteiger partial charge in [0.25, 0.3) is 0 Å². The van der Waals surface area contributed by atoms with Gasteiger partial charge >= 0.3 is 12.2 Å². The number of rotatable bonds is 5. The van der Waals surface area contributed by atoms with Crippen molar-refractivity contribution >= 4 is 17.6 Å². The van der Waals surface area contributed by atoms with Gasteiger partial charge in [-0.25, -0.2) is 4.79 Å². The standard InChI is InChI=1S/C18H24F3N3O3/c1-12(22-17(27)23-14-5-3-2-4-6-14)9-16(26)24-8-7-15(18(19,20)21)13(10-24)11-25/h2-6,12-13,15,25H,7-11H2,1H3,(H2,22,23,27). The largest absolute Gasteiger partial charge is 0.396 e. The van der Waals surface area contributed by atoms with Gasteiger partial charge in [0.2, 0.25) is 5.91 Å². The second kappa shape index (κ2) is 9.07. The maximum absolute atomic E-state index is 13.0. The van der Waals surface area contributed by atoms with Gasteiger partial charge in [-0.3, -0.25) is 4.79 Å². The summed E-state index contributed by atoms with van der Waals surface area (Å²) in [7, 11) is 0. The Labute approximate surface area is 155 Å². The molecule has 1 aliphatic rings. The van der Waals surface area contributed by atoms with Crippen LogP contribution in [0.15, 0.2) is 30.3 Å². The zero-order chi connectivity index (χ0) is 20.0. The van der Waals surface area contributed by atoms with E-state index in [1.807, 2.05) is 6.07 Å². The Bertz CT molecular complexity index is 640. The summed E-state index contributed by atoms with van der Waals surface area (Å²) in [5, 5.41) is 14.5. The van der Waals surface area contributed by atoms with Gasteiger partial charge in [-0.05, 0) is 25.5 Å². The Balaban J connectivity index is 1.83. The quantitative estimate of drug-likeness (QED) is 0.726. The minimum absolute atomic E-state index is 0.0115. The number of aliphatic hydroxyl groups excluding tert-OH is 1. The number of para-hydroxylation sites is 1. The van der Waals surface area contributed by atoms with Crippen LogP contribution in [-0.2, 0) is 4.79 Å². The number of piperidine rings is 1. The third-order valence-corrected chi connectivity index (χ3v) is 4.63. The maximum Gasteiger partial charge on any atom is 0.392 e. The number of hydrogen-bond donors (Lipinski definition) is 3. The summed E-state index contributed by atoms with van der Waals surface area (Å²) in [6.45, 7) is 0.876. The molecule has 1 fully saturated rings. The molecule has 27 heavy (non-hydrogen) atoms. The van der Waals surface area contributed by atoms with E-state index in [0.717, 1.165) is 0 Å². The van der Waals surface area contributed by atoms with E-state index in [1.54, 1.807) is 31.2 Å². The molecular weight excluding hydrogens is 363 g/mol. The summed E-state index contributed by atoms with van der Waals surface area (Å²) < 4.78 is 38.9. The molecule has 3 atom stereocenters. The molecule has 0 spiro atoms. The Hall–Kier alpha value is -2.29. The molecular formula is C18H24F3N3O3. The average Bonchev–Trinajstić information content (AvgIpc) is 2.60. The third kappa shape index (κ3) is 6.13. The molecule has 2 rings (SSSR count). The zero-order valence-electron chi connectivity index (χ0n) is 15.0. The average molecular weight is 387 g/mol. The number of carbonyl (C=O) groups is 2. The molecule has 0 aromatic heterocycles. The first-order chi connectivity index (χ1) is 12.7. The minimum atomic E-state index is -4.38. The predicted octanol–water partition coefficient (Wildman–Crippen LogP) is 2.61. The highest BCUT2D eigenvalue weighted by molar-refractivity contribution is 5.89. The van der Waals surface area contributed by atoms with Crippen molar-refractivity contribution in [3.05, 3.63) is 30.3 Å². The number of aliphatic hydroxyl groups is 1. The lowest BCUT2D eigenvalue weighted by atomic mass is 9.85. The topological polar surface area (TPSA) is 81.7 Å². The van der Waals surface area contributed by atoms with Crippen molar-refractivity contribution < 1.29 is 27.9 Å². The molecule has 0 bridgehead atoms. The SMILES string of the molecule is CC(CC(=O)N1CCC(C(F)(F)F)C(CO)C1)NC(=O)Nc1ccccc1. The van der Waals surface area contributed by atoms with Crippen molar-refractivity contribution in [3.8, 4) is 0 Å². The molecule has 3 unspecified atom stereocenters. The zero-order valence-corrected chi connectivity index (χ0v) is 15.0. The van der Waals surface area contributed by atoms with Crippen molar-refractivity contribution in [1.29, 1.82) is 0 Å². The summed E-state index contributed by atoms with van der Waals surface area (Å²) in [6, 6.07) is 7.82. The van der Waals surface area contributed by atoms with Crippen molar-refractivity contribution in [2.24, 2.45) is 11.8 Å². The molecule has 1 saturated heterocycles. The third-order valence-electron chi connectivity index (χ3n) is 4.63. The molecule has 3 amide bonds. The van der Waals surface area contributed by atoms with E-state index in [9.17, 15) is 27.9 Å². The van der Waals surface area contributed by atoms with E-state index in [0.29, 0.717) is 5.69 Å². The Kier molecular flexibility index (Phi) is 7.06. The number of anilines is 1. The summed E-state index contributed by atoms with van der Waals surface area (Å²) in [5.74, 6) is -2.97. The van der Waals surface area contributed by atoms with Crippen molar-refractivity contribution in [3.63, 3.8) is 0 Å². The number of benzene rings is 1. The van der Waals surface area contributed by atoms with Crippen LogP contribution in [0.4, 0.5) is 23.7 Å². The Morgan fingerprint density at radius 3 is 2.56 bits per heavy atom. The van der Waals surface area contributed by atoms with E-state index in [4.69, 9.17) is 0 Å². The number of halogens is 3. The molecule has 1 aliphatic heterocycles. The number of carbonyl (C=O) groups excluding carboxylic acids is 2. The summed E-state index contributed by atoms with van der Waals surface area (Å²) in [6.07, 6.45) is -4.64. The highest BCUT2D eigenvalue weighted by Crippen LogP contribution is 2.37. The first-order valence-corrected chi connectivity index (χ1v) is 8.78. The molecule has 1 aromatic carbocycles. The monoisotopic (exact) mass is 387 g/mol. The molecule has 1 heterocycles. The van der Waals surface area contributed by atoms with Crippen LogP contribution >= 0.6 is 0 Å². The van der Waals surface area contributed by atoms with E-state index >= 15 is 0 Å². The number of likely N-dealkylation sites (tertiary alicyclic amines) is 1. The first-order valence-electron chi connectivity index (χ1n) is 8.78. The fraction of sp³-hybridized carbons (Fsp3) is 0.556. The van der Waals surface area contributed by atoms with Crippen molar-refractivity contribution in [2.75, 3.05) is 25.0 Å². The lowest BCUT2D eigenvalue weighted by Gasteiger charge is -2.39. The number of nitrogens with one attached hydrogen (secondary N) is 2. The lowest BCUT2D eigenvalue weighted by molar-refractivity contribution is -0.205. The van der Waals surface area contributed by atoms with Gasteiger partial charge in [0.15, 0.2) is 0 Å². The van der Waals surface area contributed by atoms with Crippen LogP contribution in [-0.4, -0.2) is 53.9 Å². The van der Waals surface area contributed by atoms with E-state index in [1.165, 1.54) is 4.90 Å². The number of urea groups is 1. The fourth-order valence-electron chi connectivity index (χ4n) is 3.23. The van der Waals surface area contributed by atoms with Gasteiger partial charge in [-0.2, -0.15) is 13.2 Å². The smallest absolute Gasteiger partial charge is 0.392 e. The van der Waals surface area contributed by atoms with Crippen LogP contribution < -0.4 is 10.6 Å². The van der Waals surface area contributed by atoms with Gasteiger partial charge in [0, 0.05) is 43.8 Å². The highest BCUT2D eigenvalue weighted by Gasteiger charge is 2.47. The summed E-state index contributed by atoms with van der Waals surface area (Å²) in [5.41, 5.74) is 0.605. The van der Waals surface area contributed by atoms with Gasteiger partial charge in [-0.1, -0.05) is 18.2 Å². The van der Waals surface area contributed by atoms with Crippen LogP contribution in [0.1, 0.15) is 19.8 Å². The lowest BCUT2D eigenvalue weighted by Crippen LogP contribution is -2.50. The van der Waals surface area contributed by atoms with Crippen LogP contribution in [0.2, 0.25) is 0 Å². The van der Waals surface area contributed by atoms with Gasteiger partial charge < -0.3 is 20.6 Å². The van der Waals surface area contributed by atoms with E-state index in [2.05, 4.69) is 10.6 Å². The first kappa shape index (κ1) is 21.0. The van der Waals surface area contributed by atoms with Crippen LogP contribution in [0, 0.1) is 11.8 Å². The van der Waals surface area contributed by atoms with E-state index in [-0.39, 0.29) is 31.8 Å². The molecule has 150 valence electrons. The molecule has 0 saturated carbocycles. The van der Waals surface area contributed by atoms with Crippen molar-refractivity contribution in [2.45, 2.75) is 32.0 Å². The number of amides is 3.